The van der Waals surface area contributed by atoms with E-state index >= 15 is 0 Å². The molecule has 4 nitrogen and oxygen atoms in total. The molecule has 3 rings (SSSR count). The van der Waals surface area contributed by atoms with Crippen LogP contribution in [0, 0.1) is 17.2 Å². The van der Waals surface area contributed by atoms with Crippen molar-refractivity contribution in [1.82, 2.24) is 9.80 Å². The van der Waals surface area contributed by atoms with Gasteiger partial charge in [0.25, 0.3) is 0 Å². The molecule has 2 aliphatic heterocycles. The Kier molecular flexibility index (Phi) is 2.71. The molecule has 3 aliphatic rings. The highest BCUT2D eigenvalue weighted by atomic mass is 16.3. The second-order valence-corrected chi connectivity index (χ2v) is 7.10. The summed E-state index contributed by atoms with van der Waals surface area (Å²) in [5, 5.41) is 19.2. The van der Waals surface area contributed by atoms with Crippen molar-refractivity contribution in [2.24, 2.45) is 5.92 Å². The number of hydrogen-bond donors (Lipinski definition) is 1. The molecule has 3 fully saturated rings. The first-order chi connectivity index (χ1) is 8.41. The Morgan fingerprint density at radius 1 is 1.17 bits per heavy atom. The molecule has 0 spiro atoms. The summed E-state index contributed by atoms with van der Waals surface area (Å²) in [5.74, 6) is 0.255. The minimum Gasteiger partial charge on any atom is -0.390 e. The normalized spacial score (nSPS) is 44.9. The van der Waals surface area contributed by atoms with Gasteiger partial charge in [-0.1, -0.05) is 0 Å². The molecule has 1 N–H and O–H groups in total. The zero-order chi connectivity index (χ0) is 13.1. The number of nitrogens with zero attached hydrogens (tertiary/aromatic N) is 3. The van der Waals surface area contributed by atoms with Crippen LogP contribution in [0.25, 0.3) is 0 Å². The van der Waals surface area contributed by atoms with Crippen molar-refractivity contribution in [3.8, 4) is 6.07 Å². The quantitative estimate of drug-likeness (QED) is 0.747. The zero-order valence-electron chi connectivity index (χ0n) is 11.5. The van der Waals surface area contributed by atoms with E-state index in [1.807, 2.05) is 0 Å². The van der Waals surface area contributed by atoms with Gasteiger partial charge in [-0.3, -0.25) is 9.80 Å². The summed E-state index contributed by atoms with van der Waals surface area (Å²) in [5.41, 5.74) is 0.140. The average Bonchev–Trinajstić information content (AvgIpc) is 2.69. The Bertz CT molecular complexity index is 377. The van der Waals surface area contributed by atoms with Gasteiger partial charge in [0.15, 0.2) is 0 Å². The van der Waals surface area contributed by atoms with Gasteiger partial charge in [-0.2, -0.15) is 5.26 Å². The maximum atomic E-state index is 10.4. The SMILES string of the molecule is CC(C)(C)N1CC2C(O)C1CN2C1CC(C#N)C1. The third-order valence-electron chi connectivity index (χ3n) is 5.02. The second kappa shape index (κ2) is 3.93. The lowest BCUT2D eigenvalue weighted by Crippen LogP contribution is -2.57. The molecule has 1 aliphatic carbocycles. The van der Waals surface area contributed by atoms with E-state index < -0.39 is 0 Å². The number of aliphatic hydroxyl groups excluding tert-OH is 1. The first-order valence-electron chi connectivity index (χ1n) is 7.02. The Labute approximate surface area is 109 Å². The van der Waals surface area contributed by atoms with E-state index in [1.54, 1.807) is 0 Å². The standard InChI is InChI=1S/C14H23N3O/c1-14(2,3)17-8-11-13(18)12(17)7-16(11)10-4-9(5-10)6-15/h9-13,18H,4-5,7-8H2,1-3H3. The van der Waals surface area contributed by atoms with Crippen LogP contribution in [0.5, 0.6) is 0 Å². The predicted octanol–water partition coefficient (Wildman–Crippen LogP) is 0.816. The van der Waals surface area contributed by atoms with Gasteiger partial charge in [-0.05, 0) is 33.6 Å². The lowest BCUT2D eigenvalue weighted by Gasteiger charge is -2.47. The van der Waals surface area contributed by atoms with Crippen LogP contribution in [0.4, 0.5) is 0 Å². The van der Waals surface area contributed by atoms with Crippen LogP contribution in [0.2, 0.25) is 0 Å². The van der Waals surface area contributed by atoms with E-state index in [2.05, 4.69) is 36.6 Å². The summed E-state index contributed by atoms with van der Waals surface area (Å²) in [4.78, 5) is 4.91. The van der Waals surface area contributed by atoms with Crippen molar-refractivity contribution in [2.75, 3.05) is 13.1 Å². The molecule has 3 atom stereocenters. The predicted molar refractivity (Wildman–Crippen MR) is 68.9 cm³/mol. The second-order valence-electron chi connectivity index (χ2n) is 7.10. The minimum absolute atomic E-state index is 0.140. The molecule has 2 bridgehead atoms. The van der Waals surface area contributed by atoms with E-state index in [-0.39, 0.29) is 23.6 Å². The Morgan fingerprint density at radius 2 is 1.83 bits per heavy atom. The van der Waals surface area contributed by atoms with E-state index in [0.29, 0.717) is 12.1 Å². The molecule has 4 heteroatoms. The van der Waals surface area contributed by atoms with Crippen LogP contribution >= 0.6 is 0 Å². The van der Waals surface area contributed by atoms with E-state index in [9.17, 15) is 5.11 Å². The number of aliphatic hydroxyl groups is 1. The summed E-state index contributed by atoms with van der Waals surface area (Å²) < 4.78 is 0. The molecule has 0 radical (unpaired) electrons. The fourth-order valence-electron chi connectivity index (χ4n) is 3.90. The van der Waals surface area contributed by atoms with Crippen molar-refractivity contribution in [3.63, 3.8) is 0 Å². The monoisotopic (exact) mass is 249 g/mol. The fraction of sp³-hybridized carbons (Fsp3) is 0.929. The largest absolute Gasteiger partial charge is 0.390 e. The molecular formula is C14H23N3O. The Balaban J connectivity index is 1.67. The van der Waals surface area contributed by atoms with Crippen molar-refractivity contribution < 1.29 is 5.11 Å². The summed E-state index contributed by atoms with van der Waals surface area (Å²) in [6.45, 7) is 8.62. The molecule has 0 aromatic carbocycles. The van der Waals surface area contributed by atoms with Crippen molar-refractivity contribution in [2.45, 2.75) is 63.4 Å². The van der Waals surface area contributed by atoms with Gasteiger partial charge in [0.1, 0.15) is 0 Å². The van der Waals surface area contributed by atoms with E-state index in [1.165, 1.54) is 0 Å². The summed E-state index contributed by atoms with van der Waals surface area (Å²) >= 11 is 0. The maximum Gasteiger partial charge on any atom is 0.0875 e. The van der Waals surface area contributed by atoms with Crippen molar-refractivity contribution in [1.29, 1.82) is 5.26 Å². The van der Waals surface area contributed by atoms with Gasteiger partial charge in [-0.25, -0.2) is 0 Å². The van der Waals surface area contributed by atoms with E-state index in [0.717, 1.165) is 25.9 Å². The molecule has 0 amide bonds. The molecular weight excluding hydrogens is 226 g/mol. The lowest BCUT2D eigenvalue weighted by atomic mass is 9.80. The Morgan fingerprint density at radius 3 is 2.28 bits per heavy atom. The highest BCUT2D eigenvalue weighted by molar-refractivity contribution is 5.13. The first kappa shape index (κ1) is 12.4. The smallest absolute Gasteiger partial charge is 0.0875 e. The van der Waals surface area contributed by atoms with Crippen LogP contribution in [-0.4, -0.2) is 57.8 Å². The highest BCUT2D eigenvalue weighted by Gasteiger charge is 2.56. The summed E-state index contributed by atoms with van der Waals surface area (Å²) in [6.07, 6.45) is 1.80. The molecule has 18 heavy (non-hydrogen) atoms. The number of fused-ring (bicyclic) bond motifs is 2. The van der Waals surface area contributed by atoms with Gasteiger partial charge in [0.05, 0.1) is 24.3 Å². The third kappa shape index (κ3) is 1.69. The van der Waals surface area contributed by atoms with Gasteiger partial charge >= 0.3 is 0 Å². The van der Waals surface area contributed by atoms with Crippen molar-refractivity contribution >= 4 is 0 Å². The lowest BCUT2D eigenvalue weighted by molar-refractivity contribution is 0.0103. The zero-order valence-corrected chi connectivity index (χ0v) is 11.5. The minimum atomic E-state index is -0.203. The molecule has 2 saturated heterocycles. The number of nitriles is 1. The number of hydrogen-bond acceptors (Lipinski definition) is 4. The highest BCUT2D eigenvalue weighted by Crippen LogP contribution is 2.42. The van der Waals surface area contributed by atoms with Crippen molar-refractivity contribution in [3.05, 3.63) is 0 Å². The fourth-order valence-corrected chi connectivity index (χ4v) is 3.90. The first-order valence-corrected chi connectivity index (χ1v) is 7.02. The van der Waals surface area contributed by atoms with Gasteiger partial charge < -0.3 is 5.11 Å². The number of rotatable bonds is 1. The van der Waals surface area contributed by atoms with Crippen LogP contribution in [0.15, 0.2) is 0 Å². The molecule has 0 aromatic rings. The summed E-state index contributed by atoms with van der Waals surface area (Å²) in [7, 11) is 0. The maximum absolute atomic E-state index is 10.4. The average molecular weight is 249 g/mol. The van der Waals surface area contributed by atoms with E-state index in [4.69, 9.17) is 5.26 Å². The molecule has 3 unspecified atom stereocenters. The van der Waals surface area contributed by atoms with Crippen LogP contribution in [0.3, 0.4) is 0 Å². The molecule has 2 heterocycles. The van der Waals surface area contributed by atoms with Crippen LogP contribution < -0.4 is 0 Å². The molecule has 1 saturated carbocycles. The molecule has 0 aromatic heterocycles. The summed E-state index contributed by atoms with van der Waals surface area (Å²) in [6, 6.07) is 3.47. The topological polar surface area (TPSA) is 50.5 Å². The van der Waals surface area contributed by atoms with Crippen LogP contribution in [0.1, 0.15) is 33.6 Å². The van der Waals surface area contributed by atoms with Gasteiger partial charge in [0, 0.05) is 30.6 Å². The van der Waals surface area contributed by atoms with Crippen LogP contribution in [-0.2, 0) is 0 Å². The molecule has 100 valence electrons. The number of likely N-dealkylation sites (tertiary alicyclic amines) is 2. The van der Waals surface area contributed by atoms with Gasteiger partial charge in [-0.15, -0.1) is 0 Å². The van der Waals surface area contributed by atoms with Gasteiger partial charge in [0.2, 0.25) is 0 Å². The number of piperazine rings is 1. The Hall–Kier alpha value is -0.630. The third-order valence-corrected chi connectivity index (χ3v) is 5.02.